The zero-order valence-corrected chi connectivity index (χ0v) is 22.5. The lowest BCUT2D eigenvalue weighted by Gasteiger charge is -2.45. The maximum atomic E-state index is 13.0. The van der Waals surface area contributed by atoms with E-state index >= 15 is 0 Å². The summed E-state index contributed by atoms with van der Waals surface area (Å²) in [7, 11) is 0. The number of aliphatic hydroxyl groups excluding tert-OH is 2. The highest BCUT2D eigenvalue weighted by molar-refractivity contribution is 8.03. The van der Waals surface area contributed by atoms with Crippen LogP contribution in [0.5, 0.6) is 0 Å². The molecule has 6 unspecified atom stereocenters. The predicted octanol–water partition coefficient (Wildman–Crippen LogP) is -2.48. The molecule has 39 heavy (non-hydrogen) atoms. The summed E-state index contributed by atoms with van der Waals surface area (Å²) in [5.41, 5.74) is 10.4. The van der Waals surface area contributed by atoms with Crippen molar-refractivity contribution in [3.8, 4) is 0 Å². The number of amides is 3. The molecule has 4 aliphatic heterocycles. The Bertz CT molecular complexity index is 1070. The van der Waals surface area contributed by atoms with Gasteiger partial charge in [-0.3, -0.25) is 24.3 Å². The van der Waals surface area contributed by atoms with Gasteiger partial charge in [0, 0.05) is 30.8 Å². The maximum absolute atomic E-state index is 13.0. The molecular formula is C23H35N7O8S. The Morgan fingerprint density at radius 2 is 1.97 bits per heavy atom. The molecule has 0 bridgehead atoms. The van der Waals surface area contributed by atoms with Crippen molar-refractivity contribution in [3.63, 3.8) is 0 Å². The van der Waals surface area contributed by atoms with E-state index in [0.29, 0.717) is 31.0 Å². The highest BCUT2D eigenvalue weighted by Gasteiger charge is 2.60. The number of aliphatic imine (C=N–C) groups is 1. The summed E-state index contributed by atoms with van der Waals surface area (Å²) in [5.74, 6) is -1.85. The number of nitrogens with one attached hydrogen (secondary N) is 2. The molecule has 9 N–H and O–H groups in total. The van der Waals surface area contributed by atoms with Crippen LogP contribution >= 0.6 is 11.8 Å². The largest absolute Gasteiger partial charge is 0.512 e. The summed E-state index contributed by atoms with van der Waals surface area (Å²) in [6.45, 7) is 4.53. The maximum Gasteiger partial charge on any atom is 0.512 e. The number of carboxylic acid groups (broad SMARTS) is 1. The number of aliphatic hydroxyl groups is 2. The second-order valence-electron chi connectivity index (χ2n) is 10.4. The fourth-order valence-electron chi connectivity index (χ4n) is 5.51. The van der Waals surface area contributed by atoms with E-state index in [1.807, 2.05) is 6.92 Å². The monoisotopic (exact) mass is 569 g/mol. The van der Waals surface area contributed by atoms with Crippen LogP contribution in [0, 0.1) is 11.8 Å². The number of carbonyl (C=O) groups is 4. The molecule has 15 nitrogen and oxygen atoms in total. The molecule has 0 spiro atoms. The highest BCUT2D eigenvalue weighted by Crippen LogP contribution is 2.52. The van der Waals surface area contributed by atoms with E-state index in [-0.39, 0.29) is 65.8 Å². The van der Waals surface area contributed by atoms with Crippen molar-refractivity contribution < 1.29 is 39.2 Å². The van der Waals surface area contributed by atoms with Gasteiger partial charge in [0.05, 0.1) is 54.1 Å². The van der Waals surface area contributed by atoms with Gasteiger partial charge in [0.15, 0.2) is 5.96 Å². The highest BCUT2D eigenvalue weighted by atomic mass is 32.2. The molecule has 4 aliphatic rings. The molecule has 3 fully saturated rings. The van der Waals surface area contributed by atoms with Crippen LogP contribution in [0.4, 0.5) is 4.79 Å². The average Bonchev–Trinajstić information content (AvgIpc) is 3.36. The van der Waals surface area contributed by atoms with Gasteiger partial charge in [0.25, 0.3) is 0 Å². The molecule has 0 radical (unpaired) electrons. The Labute approximate surface area is 229 Å². The standard InChI is InChI=1S/C23H35N7O8S/c1-9-17-16(10(2)31)20(35)30(17)21(38-23(36)37)18(9)39-13-4-14(26-6-13)19(34)29-7-11(8-29)28-15(33)3-12(32)5-27-22(24)25/h9-14,16-17,26,31-32H,3-8H2,1-2H3,(H,28,33)(H,36,37)(H4,24,25,27)/t9?,10?,12?,13?,14?,16?,17-/m0/s1. The number of hydrogen-bond donors (Lipinski definition) is 7. The van der Waals surface area contributed by atoms with Gasteiger partial charge in [0.2, 0.25) is 23.6 Å². The minimum atomic E-state index is -1.52. The van der Waals surface area contributed by atoms with Gasteiger partial charge in [-0.25, -0.2) is 4.79 Å². The van der Waals surface area contributed by atoms with E-state index in [1.165, 1.54) is 23.6 Å². The molecule has 0 aromatic carbocycles. The van der Waals surface area contributed by atoms with Crippen molar-refractivity contribution in [2.24, 2.45) is 28.3 Å². The van der Waals surface area contributed by atoms with Gasteiger partial charge in [-0.15, -0.1) is 11.8 Å². The molecule has 3 saturated heterocycles. The number of ether oxygens (including phenoxy) is 1. The summed E-state index contributed by atoms with van der Waals surface area (Å²) < 4.78 is 5.00. The minimum absolute atomic E-state index is 0.00794. The van der Waals surface area contributed by atoms with Crippen molar-refractivity contribution in [2.75, 3.05) is 26.2 Å². The van der Waals surface area contributed by atoms with Gasteiger partial charge >= 0.3 is 6.16 Å². The minimum Gasteiger partial charge on any atom is -0.449 e. The van der Waals surface area contributed by atoms with Crippen LogP contribution < -0.4 is 22.1 Å². The molecule has 7 atom stereocenters. The van der Waals surface area contributed by atoms with Crippen molar-refractivity contribution in [3.05, 3.63) is 10.8 Å². The van der Waals surface area contributed by atoms with E-state index in [0.717, 1.165) is 0 Å². The Kier molecular flexibility index (Phi) is 8.58. The van der Waals surface area contributed by atoms with Crippen LogP contribution in [0.25, 0.3) is 0 Å². The van der Waals surface area contributed by atoms with Crippen LogP contribution in [-0.2, 0) is 19.1 Å². The number of nitrogens with zero attached hydrogens (tertiary/aromatic N) is 3. The first-order valence-electron chi connectivity index (χ1n) is 12.7. The van der Waals surface area contributed by atoms with E-state index in [1.54, 1.807) is 4.90 Å². The fraction of sp³-hybridized carbons (Fsp3) is 0.696. The summed E-state index contributed by atoms with van der Waals surface area (Å²) >= 11 is 1.39. The number of β-lactam (4-membered cyclic amide) rings is 1. The Balaban J connectivity index is 1.27. The number of fused-ring (bicyclic) bond motifs is 1. The van der Waals surface area contributed by atoms with Gasteiger partial charge in [-0.2, -0.15) is 0 Å². The zero-order chi connectivity index (χ0) is 28.6. The van der Waals surface area contributed by atoms with Gasteiger partial charge in [-0.05, 0) is 13.3 Å². The summed E-state index contributed by atoms with van der Waals surface area (Å²) in [6.07, 6.45) is -3.07. The van der Waals surface area contributed by atoms with Crippen LogP contribution in [0.15, 0.2) is 15.8 Å². The van der Waals surface area contributed by atoms with Crippen LogP contribution in [0.3, 0.4) is 0 Å². The number of guanidine groups is 1. The number of likely N-dealkylation sites (tertiary alicyclic amines) is 1. The first-order valence-corrected chi connectivity index (χ1v) is 13.6. The quantitative estimate of drug-likeness (QED) is 0.0627. The number of thioether (sulfide) groups is 1. The molecule has 0 aromatic heterocycles. The van der Waals surface area contributed by atoms with Crippen LogP contribution in [-0.4, -0.2) is 117 Å². The second-order valence-corrected chi connectivity index (χ2v) is 11.7. The first-order chi connectivity index (χ1) is 18.4. The summed E-state index contributed by atoms with van der Waals surface area (Å²) in [5, 5.41) is 35.0. The summed E-state index contributed by atoms with van der Waals surface area (Å²) in [6, 6.07) is -1.03. The predicted molar refractivity (Wildman–Crippen MR) is 139 cm³/mol. The van der Waals surface area contributed by atoms with Crippen LogP contribution in [0.1, 0.15) is 26.7 Å². The molecule has 0 aromatic rings. The number of hydrogen-bond acceptors (Lipinski definition) is 10. The van der Waals surface area contributed by atoms with E-state index in [2.05, 4.69) is 15.6 Å². The van der Waals surface area contributed by atoms with Gasteiger partial charge in [0.1, 0.15) is 0 Å². The Morgan fingerprint density at radius 1 is 1.28 bits per heavy atom. The number of nitrogens with two attached hydrogens (primary N) is 2. The third-order valence-corrected chi connectivity index (χ3v) is 8.89. The van der Waals surface area contributed by atoms with Crippen molar-refractivity contribution in [1.82, 2.24) is 20.4 Å². The lowest BCUT2D eigenvalue weighted by molar-refractivity contribution is -0.163. The summed E-state index contributed by atoms with van der Waals surface area (Å²) in [4.78, 5) is 56.3. The SMILES string of the molecule is CC(O)C1C(=O)N2C(OC(=O)O)=C(SC3CNC(C(=O)N4CC(NC(=O)CC(O)CN=C(N)N)C4)C3)C(C)[C@@H]12. The molecule has 4 rings (SSSR count). The molecule has 216 valence electrons. The Morgan fingerprint density at radius 3 is 2.59 bits per heavy atom. The molecular weight excluding hydrogens is 534 g/mol. The van der Waals surface area contributed by atoms with Gasteiger partial charge < -0.3 is 47.1 Å². The van der Waals surface area contributed by atoms with Crippen molar-refractivity contribution in [2.45, 2.75) is 62.3 Å². The van der Waals surface area contributed by atoms with Gasteiger partial charge in [-0.1, -0.05) is 6.92 Å². The van der Waals surface area contributed by atoms with E-state index < -0.39 is 30.3 Å². The number of carbonyl (C=O) groups excluding carboxylic acids is 3. The second kappa shape index (κ2) is 11.6. The third-order valence-electron chi connectivity index (χ3n) is 7.39. The van der Waals surface area contributed by atoms with Crippen LogP contribution in [0.2, 0.25) is 0 Å². The molecule has 16 heteroatoms. The Hall–Kier alpha value is -3.08. The van der Waals surface area contributed by atoms with Crippen molar-refractivity contribution in [1.29, 1.82) is 0 Å². The molecule has 0 aliphatic carbocycles. The third kappa shape index (κ3) is 6.08. The fourth-order valence-corrected chi connectivity index (χ4v) is 6.93. The molecule has 3 amide bonds. The normalized spacial score (nSPS) is 29.7. The zero-order valence-electron chi connectivity index (χ0n) is 21.6. The topological polar surface area (TPSA) is 233 Å². The van der Waals surface area contributed by atoms with E-state index in [4.69, 9.17) is 16.2 Å². The molecule has 0 saturated carbocycles. The average molecular weight is 570 g/mol. The molecule has 4 heterocycles. The van der Waals surface area contributed by atoms with E-state index in [9.17, 15) is 34.5 Å². The number of rotatable bonds is 10. The smallest absolute Gasteiger partial charge is 0.449 e. The first kappa shape index (κ1) is 28.9. The van der Waals surface area contributed by atoms with Crippen molar-refractivity contribution >= 4 is 41.6 Å². The lowest BCUT2D eigenvalue weighted by Crippen LogP contribution is -2.63. The lowest BCUT2D eigenvalue weighted by atomic mass is 9.79.